The van der Waals surface area contributed by atoms with Crippen LogP contribution in [0.25, 0.3) is 0 Å². The Hall–Kier alpha value is -2.97. The highest BCUT2D eigenvalue weighted by molar-refractivity contribution is 5.97. The van der Waals surface area contributed by atoms with E-state index in [0.29, 0.717) is 31.5 Å². The van der Waals surface area contributed by atoms with Crippen molar-refractivity contribution in [3.63, 3.8) is 0 Å². The molecule has 0 bridgehead atoms. The lowest BCUT2D eigenvalue weighted by atomic mass is 10.1. The fourth-order valence-electron chi connectivity index (χ4n) is 2.15. The molecule has 25 heavy (non-hydrogen) atoms. The van der Waals surface area contributed by atoms with E-state index in [2.05, 4.69) is 16.0 Å². The summed E-state index contributed by atoms with van der Waals surface area (Å²) in [5, 5.41) is 18.5. The summed E-state index contributed by atoms with van der Waals surface area (Å²) in [5.41, 5.74) is 0.332. The number of nitro groups is 1. The first-order valence-corrected chi connectivity index (χ1v) is 7.86. The molecule has 0 spiro atoms. The molecule has 0 saturated heterocycles. The van der Waals surface area contributed by atoms with Crippen LogP contribution in [0, 0.1) is 10.1 Å². The van der Waals surface area contributed by atoms with Gasteiger partial charge in [-0.3, -0.25) is 24.5 Å². The van der Waals surface area contributed by atoms with Crippen LogP contribution < -0.4 is 16.0 Å². The maximum absolute atomic E-state index is 12.3. The molecule has 0 aliphatic rings. The van der Waals surface area contributed by atoms with E-state index in [-0.39, 0.29) is 17.5 Å². The molecule has 1 aromatic rings. The summed E-state index contributed by atoms with van der Waals surface area (Å²) in [6.07, 6.45) is 1.73. The Morgan fingerprint density at radius 1 is 1.08 bits per heavy atom. The van der Waals surface area contributed by atoms with E-state index in [1.165, 1.54) is 38.1 Å². The maximum atomic E-state index is 12.3. The summed E-state index contributed by atoms with van der Waals surface area (Å²) < 4.78 is 0. The summed E-state index contributed by atoms with van der Waals surface area (Å²) in [4.78, 5) is 44.5. The van der Waals surface area contributed by atoms with Crippen molar-refractivity contribution in [2.75, 3.05) is 11.9 Å². The average Bonchev–Trinajstić information content (AvgIpc) is 2.53. The minimum absolute atomic E-state index is 0.0746. The Kier molecular flexibility index (Phi) is 8.04. The summed E-state index contributed by atoms with van der Waals surface area (Å²) in [6.45, 7) is 3.26. The van der Waals surface area contributed by atoms with Crippen LogP contribution in [0.2, 0.25) is 0 Å². The number of carbonyl (C=O) groups is 3. The molecule has 3 amide bonds. The first-order valence-electron chi connectivity index (χ1n) is 7.86. The van der Waals surface area contributed by atoms with Crippen molar-refractivity contribution in [1.82, 2.24) is 10.6 Å². The zero-order valence-electron chi connectivity index (χ0n) is 14.2. The molecule has 1 rings (SSSR count). The molecule has 0 radical (unpaired) electrons. The van der Waals surface area contributed by atoms with Crippen molar-refractivity contribution in [2.45, 2.75) is 39.2 Å². The van der Waals surface area contributed by atoms with Gasteiger partial charge in [0, 0.05) is 38.2 Å². The number of rotatable bonds is 9. The fraction of sp³-hybridized carbons (Fsp3) is 0.438. The van der Waals surface area contributed by atoms with Crippen molar-refractivity contribution in [2.24, 2.45) is 0 Å². The van der Waals surface area contributed by atoms with Crippen molar-refractivity contribution in [3.8, 4) is 0 Å². The second-order valence-corrected chi connectivity index (χ2v) is 5.53. The van der Waals surface area contributed by atoms with E-state index in [4.69, 9.17) is 0 Å². The van der Waals surface area contributed by atoms with Crippen molar-refractivity contribution >= 4 is 29.1 Å². The summed E-state index contributed by atoms with van der Waals surface area (Å²) in [5.74, 6) is -0.844. The molecule has 0 fully saturated rings. The van der Waals surface area contributed by atoms with Crippen molar-refractivity contribution in [1.29, 1.82) is 0 Å². The average molecular weight is 350 g/mol. The lowest BCUT2D eigenvalue weighted by molar-refractivity contribution is -0.384. The fourth-order valence-corrected chi connectivity index (χ4v) is 2.15. The monoisotopic (exact) mass is 350 g/mol. The summed E-state index contributed by atoms with van der Waals surface area (Å²) in [6, 6.07) is 4.72. The topological polar surface area (TPSA) is 130 Å². The second-order valence-electron chi connectivity index (χ2n) is 5.53. The Morgan fingerprint density at radius 2 is 1.72 bits per heavy atom. The highest BCUT2D eigenvalue weighted by Crippen LogP contribution is 2.16. The molecule has 0 aliphatic carbocycles. The van der Waals surface area contributed by atoms with Gasteiger partial charge >= 0.3 is 0 Å². The largest absolute Gasteiger partial charge is 0.356 e. The Labute approximate surface area is 145 Å². The number of hydrogen-bond donors (Lipinski definition) is 3. The molecule has 1 atom stereocenters. The third-order valence-corrected chi connectivity index (χ3v) is 3.33. The number of nitrogens with zero attached hydrogens (tertiary/aromatic N) is 1. The third kappa shape index (κ3) is 7.91. The van der Waals surface area contributed by atoms with Crippen LogP contribution in [0.5, 0.6) is 0 Å². The zero-order chi connectivity index (χ0) is 18.8. The van der Waals surface area contributed by atoms with Gasteiger partial charge in [0.15, 0.2) is 0 Å². The number of nitro benzene ring substituents is 1. The highest BCUT2D eigenvalue weighted by Gasteiger charge is 2.19. The number of unbranched alkanes of at least 4 members (excludes halogenated alkanes) is 1. The lowest BCUT2D eigenvalue weighted by Crippen LogP contribution is -2.42. The van der Waals surface area contributed by atoms with Crippen LogP contribution in [-0.4, -0.2) is 35.2 Å². The molecule has 9 nitrogen and oxygen atoms in total. The summed E-state index contributed by atoms with van der Waals surface area (Å²) in [7, 11) is 0. The van der Waals surface area contributed by atoms with Crippen LogP contribution in [0.15, 0.2) is 24.3 Å². The standard InChI is InChI=1S/C16H22N4O5/c1-11(21)17-10-4-3-5-15(18-12(2)22)16(23)19-13-6-8-14(9-7-13)20(24)25/h6-9,15H,3-5,10H2,1-2H3,(H,17,21)(H,18,22)(H,19,23)/t15-/m0/s1. The number of amides is 3. The summed E-state index contributed by atoms with van der Waals surface area (Å²) >= 11 is 0. The van der Waals surface area contributed by atoms with Gasteiger partial charge in [-0.2, -0.15) is 0 Å². The van der Waals surface area contributed by atoms with E-state index >= 15 is 0 Å². The molecule has 9 heteroatoms. The van der Waals surface area contributed by atoms with Crippen LogP contribution >= 0.6 is 0 Å². The lowest BCUT2D eigenvalue weighted by Gasteiger charge is -2.17. The van der Waals surface area contributed by atoms with Gasteiger partial charge in [-0.25, -0.2) is 0 Å². The third-order valence-electron chi connectivity index (χ3n) is 3.33. The number of anilines is 1. The molecule has 0 unspecified atom stereocenters. The smallest absolute Gasteiger partial charge is 0.269 e. The van der Waals surface area contributed by atoms with Gasteiger partial charge in [0.25, 0.3) is 5.69 Å². The van der Waals surface area contributed by atoms with E-state index in [1.54, 1.807) is 0 Å². The number of hydrogen-bond acceptors (Lipinski definition) is 5. The highest BCUT2D eigenvalue weighted by atomic mass is 16.6. The van der Waals surface area contributed by atoms with Gasteiger partial charge in [-0.1, -0.05) is 0 Å². The van der Waals surface area contributed by atoms with Crippen molar-refractivity contribution in [3.05, 3.63) is 34.4 Å². The SMILES string of the molecule is CC(=O)NCCCC[C@H](NC(C)=O)C(=O)Nc1ccc([N+](=O)[O-])cc1. The molecule has 0 aromatic heterocycles. The predicted molar refractivity (Wildman–Crippen MR) is 91.9 cm³/mol. The quantitative estimate of drug-likeness (QED) is 0.351. The maximum Gasteiger partial charge on any atom is 0.269 e. The Bertz CT molecular complexity index is 630. The molecule has 0 saturated carbocycles. The van der Waals surface area contributed by atoms with E-state index in [1.807, 2.05) is 0 Å². The van der Waals surface area contributed by atoms with E-state index in [0.717, 1.165) is 0 Å². The van der Waals surface area contributed by atoms with Gasteiger partial charge in [-0.15, -0.1) is 0 Å². The number of nitrogens with one attached hydrogen (secondary N) is 3. The number of benzene rings is 1. The normalized spacial score (nSPS) is 11.3. The van der Waals surface area contributed by atoms with E-state index < -0.39 is 16.9 Å². The van der Waals surface area contributed by atoms with E-state index in [9.17, 15) is 24.5 Å². The van der Waals surface area contributed by atoms with Crippen LogP contribution in [0.3, 0.4) is 0 Å². The molecular weight excluding hydrogens is 328 g/mol. The van der Waals surface area contributed by atoms with Crippen molar-refractivity contribution < 1.29 is 19.3 Å². The molecule has 0 aliphatic heterocycles. The van der Waals surface area contributed by atoms with Gasteiger partial charge in [0.2, 0.25) is 17.7 Å². The van der Waals surface area contributed by atoms with Crippen LogP contribution in [-0.2, 0) is 14.4 Å². The Balaban J connectivity index is 2.58. The van der Waals surface area contributed by atoms with Gasteiger partial charge < -0.3 is 16.0 Å². The minimum Gasteiger partial charge on any atom is -0.356 e. The second kappa shape index (κ2) is 10.0. The van der Waals surface area contributed by atoms with Crippen LogP contribution in [0.4, 0.5) is 11.4 Å². The first kappa shape index (κ1) is 20.1. The Morgan fingerprint density at radius 3 is 2.24 bits per heavy atom. The number of carbonyl (C=O) groups excluding carboxylic acids is 3. The van der Waals surface area contributed by atoms with Crippen LogP contribution in [0.1, 0.15) is 33.1 Å². The molecule has 3 N–H and O–H groups in total. The molecule has 136 valence electrons. The van der Waals surface area contributed by atoms with Gasteiger partial charge in [-0.05, 0) is 31.4 Å². The number of non-ortho nitro benzene ring substituents is 1. The molecule has 0 heterocycles. The molecule has 1 aromatic carbocycles. The van der Waals surface area contributed by atoms with Gasteiger partial charge in [0.05, 0.1) is 4.92 Å². The molecular formula is C16H22N4O5. The minimum atomic E-state index is -0.718. The zero-order valence-corrected chi connectivity index (χ0v) is 14.2. The predicted octanol–water partition coefficient (Wildman–Crippen LogP) is 1.34. The first-order chi connectivity index (χ1) is 11.8. The van der Waals surface area contributed by atoms with Gasteiger partial charge in [0.1, 0.15) is 6.04 Å².